The molecule has 15 nitrogen and oxygen atoms in total. The van der Waals surface area contributed by atoms with Gasteiger partial charge in [0, 0.05) is 57.6 Å². The highest BCUT2D eigenvalue weighted by molar-refractivity contribution is 6.01. The summed E-state index contributed by atoms with van der Waals surface area (Å²) >= 11 is 0. The fraction of sp³-hybridized carbons (Fsp3) is 0.444. The molecule has 0 amide bonds. The summed E-state index contributed by atoms with van der Waals surface area (Å²) in [6.45, 7) is 8.39. The molecule has 51 heavy (non-hydrogen) atoms. The number of ether oxygens (including phenoxy) is 2. The first-order chi connectivity index (χ1) is 24.3. The number of carbonyl (C=O) groups is 2. The molecule has 266 valence electrons. The van der Waals surface area contributed by atoms with Crippen molar-refractivity contribution in [3.05, 3.63) is 67.7 Å². The molecule has 3 N–H and O–H groups in total. The molecule has 15 heteroatoms. The van der Waals surface area contributed by atoms with E-state index in [1.165, 1.54) is 18.5 Å². The Bertz CT molecular complexity index is 2200. The molecule has 0 unspecified atom stereocenters. The molecule has 4 aromatic heterocycles. The summed E-state index contributed by atoms with van der Waals surface area (Å²) in [5, 5.41) is 29.4. The molecule has 0 radical (unpaired) electrons. The Morgan fingerprint density at radius 1 is 0.804 bits per heavy atom. The highest BCUT2D eigenvalue weighted by Crippen LogP contribution is 2.35. The third kappa shape index (κ3) is 7.31. The first-order valence-electron chi connectivity index (χ1n) is 16.6. The lowest BCUT2D eigenvalue weighted by Gasteiger charge is -2.40. The van der Waals surface area contributed by atoms with Gasteiger partial charge in [0.2, 0.25) is 0 Å². The van der Waals surface area contributed by atoms with Crippen LogP contribution in [-0.2, 0) is 9.47 Å². The highest BCUT2D eigenvalue weighted by Gasteiger charge is 2.33. The zero-order valence-electron chi connectivity index (χ0n) is 29.3. The number of hydrogen-bond donors (Lipinski definition) is 3. The number of H-pyrrole nitrogens is 2. The average molecular weight is 697 g/mol. The molecular weight excluding hydrogens is 656 g/mol. The number of fused-ring (bicyclic) bond motifs is 2. The lowest BCUT2D eigenvalue weighted by molar-refractivity contribution is -0.0134. The number of pyridine rings is 4. The third-order valence-electron chi connectivity index (χ3n) is 10.1. The fourth-order valence-electron chi connectivity index (χ4n) is 6.49. The van der Waals surface area contributed by atoms with Gasteiger partial charge in [-0.3, -0.25) is 19.4 Å². The second kappa shape index (κ2) is 14.7. The van der Waals surface area contributed by atoms with Crippen molar-refractivity contribution in [2.24, 2.45) is 0 Å². The summed E-state index contributed by atoms with van der Waals surface area (Å²) in [6, 6.07) is 7.06. The summed E-state index contributed by atoms with van der Waals surface area (Å²) in [5.74, 6) is -1.24. The van der Waals surface area contributed by atoms with Crippen LogP contribution in [0.5, 0.6) is 0 Å². The van der Waals surface area contributed by atoms with Crippen LogP contribution in [0.3, 0.4) is 0 Å². The van der Waals surface area contributed by atoms with E-state index in [9.17, 15) is 34.8 Å². The molecular formula is C36H40N8O7. The Kier molecular flexibility index (Phi) is 10.5. The van der Waals surface area contributed by atoms with Crippen LogP contribution in [0, 0.1) is 22.7 Å². The predicted octanol–water partition coefficient (Wildman–Crippen LogP) is 3.89. The second-order valence-electron chi connectivity index (χ2n) is 13.2. The van der Waals surface area contributed by atoms with Crippen LogP contribution in [0.4, 0.5) is 11.4 Å². The van der Waals surface area contributed by atoms with Gasteiger partial charge in [0.15, 0.2) is 5.78 Å². The average Bonchev–Trinajstić information content (AvgIpc) is 3.14. The molecule has 6 heterocycles. The third-order valence-corrected chi connectivity index (χ3v) is 10.1. The van der Waals surface area contributed by atoms with Crippen LogP contribution in [0.2, 0.25) is 0 Å². The van der Waals surface area contributed by atoms with Crippen LogP contribution in [0.15, 0.2) is 34.1 Å². The monoisotopic (exact) mass is 696 g/mol. The predicted molar refractivity (Wildman–Crippen MR) is 189 cm³/mol. The number of hydrogen-bond acceptors (Lipinski definition) is 12. The normalized spacial score (nSPS) is 16.5. The number of nitriles is 2. The maximum absolute atomic E-state index is 12.4. The molecule has 0 saturated carbocycles. The topological polar surface area (TPSA) is 218 Å². The van der Waals surface area contributed by atoms with E-state index in [1.54, 1.807) is 27.2 Å². The minimum Gasteiger partial charge on any atom is -0.477 e. The summed E-state index contributed by atoms with van der Waals surface area (Å²) < 4.78 is 11.1. The quantitative estimate of drug-likeness (QED) is 0.234. The number of aromatic nitrogens is 4. The molecule has 0 atom stereocenters. The van der Waals surface area contributed by atoms with Crippen LogP contribution in [0.1, 0.15) is 85.0 Å². The van der Waals surface area contributed by atoms with Crippen LogP contribution in [-0.4, -0.2) is 88.4 Å². The van der Waals surface area contributed by atoms with Gasteiger partial charge < -0.3 is 34.3 Å². The number of nitrogens with zero attached hydrogens (tertiary/aromatic N) is 6. The summed E-state index contributed by atoms with van der Waals surface area (Å²) in [7, 11) is 3.37. The van der Waals surface area contributed by atoms with Crippen LogP contribution in [0.25, 0.3) is 21.8 Å². The minimum atomic E-state index is -1.16. The number of nitrogens with one attached hydrogen (secondary N) is 2. The van der Waals surface area contributed by atoms with Crippen molar-refractivity contribution in [1.29, 1.82) is 10.5 Å². The van der Waals surface area contributed by atoms with Crippen molar-refractivity contribution >= 4 is 44.9 Å². The second-order valence-corrected chi connectivity index (χ2v) is 13.2. The number of aromatic carboxylic acids is 1. The van der Waals surface area contributed by atoms with Crippen molar-refractivity contribution in [2.75, 3.05) is 50.2 Å². The Labute approximate surface area is 293 Å². The van der Waals surface area contributed by atoms with E-state index < -0.39 is 17.1 Å². The van der Waals surface area contributed by atoms with Gasteiger partial charge in [-0.25, -0.2) is 9.78 Å². The Balaban J connectivity index is 0.000000198. The van der Waals surface area contributed by atoms with Gasteiger partial charge in [-0.1, -0.05) is 6.92 Å². The molecule has 2 aliphatic heterocycles. The minimum absolute atomic E-state index is 0.0175. The van der Waals surface area contributed by atoms with E-state index in [0.29, 0.717) is 71.5 Å². The lowest BCUT2D eigenvalue weighted by atomic mass is 9.92. The number of Topliss-reactive ketones (excluding diaryl/α,β-unsaturated/α-hetero) is 1. The van der Waals surface area contributed by atoms with Gasteiger partial charge in [0.1, 0.15) is 34.7 Å². The summed E-state index contributed by atoms with van der Waals surface area (Å²) in [5.41, 5.74) is 0.845. The van der Waals surface area contributed by atoms with Crippen molar-refractivity contribution in [1.82, 2.24) is 19.9 Å². The van der Waals surface area contributed by atoms with E-state index >= 15 is 0 Å². The number of carboxylic acids is 1. The van der Waals surface area contributed by atoms with Crippen LogP contribution < -0.4 is 20.9 Å². The number of carboxylic acid groups (broad SMARTS) is 1. The Hall–Kier alpha value is -5.64. The van der Waals surface area contributed by atoms with Crippen molar-refractivity contribution in [2.45, 2.75) is 64.1 Å². The molecule has 6 rings (SSSR count). The van der Waals surface area contributed by atoms with Crippen LogP contribution >= 0.6 is 0 Å². The van der Waals surface area contributed by atoms with Gasteiger partial charge in [-0.05, 0) is 51.7 Å². The molecule has 0 aromatic carbocycles. The van der Waals surface area contributed by atoms with Gasteiger partial charge in [0.25, 0.3) is 11.1 Å². The number of piperidine rings is 2. The highest BCUT2D eigenvalue weighted by atomic mass is 16.5. The zero-order chi connectivity index (χ0) is 37.1. The fourth-order valence-corrected chi connectivity index (χ4v) is 6.49. The standard InChI is InChI=1S/C19H22N4O3.C17H18N4O4/c1-4-16(24)14-9-12-15(11-21-14)22-18(25)13(10-20)17(12)23-7-5-19(2,26-3)6-8-23;1-17(25-2)3-5-21(6-4-17)14-10-7-12(16(23)24)19-9-13(10)20-15(22)11(14)8-18/h9,11H,4-8H2,1-3H3,(H,22,25);7,9H,3-6H2,1-2H3,(H,20,22)(H,23,24). The first-order valence-corrected chi connectivity index (χ1v) is 16.6. The zero-order valence-corrected chi connectivity index (χ0v) is 29.3. The SMILES string of the molecule is CCC(=O)c1cc2c(N3CCC(C)(OC)CC3)c(C#N)c(=O)[nH]c2cn1.COC1(C)CCN(c2c(C#N)c(=O)[nH]c3cnc(C(=O)O)cc23)CC1. The maximum atomic E-state index is 12.4. The number of anilines is 2. The molecule has 0 aliphatic carbocycles. The van der Waals surface area contributed by atoms with E-state index in [2.05, 4.69) is 26.9 Å². The Morgan fingerprint density at radius 3 is 1.55 bits per heavy atom. The lowest BCUT2D eigenvalue weighted by Crippen LogP contribution is -2.44. The van der Waals surface area contributed by atoms with E-state index in [1.807, 2.05) is 28.9 Å². The van der Waals surface area contributed by atoms with E-state index in [-0.39, 0.29) is 33.8 Å². The van der Waals surface area contributed by atoms with E-state index in [4.69, 9.17) is 9.47 Å². The number of methoxy groups -OCH3 is 2. The van der Waals surface area contributed by atoms with Gasteiger partial charge in [-0.15, -0.1) is 0 Å². The molecule has 2 aliphatic rings. The first kappa shape index (κ1) is 36.6. The molecule has 2 fully saturated rings. The van der Waals surface area contributed by atoms with E-state index in [0.717, 1.165) is 25.7 Å². The number of carbonyl (C=O) groups excluding carboxylic acids is 1. The van der Waals surface area contributed by atoms with Crippen molar-refractivity contribution in [3.63, 3.8) is 0 Å². The largest absolute Gasteiger partial charge is 0.477 e. The smallest absolute Gasteiger partial charge is 0.354 e. The van der Waals surface area contributed by atoms with Gasteiger partial charge in [0.05, 0.1) is 46.0 Å². The van der Waals surface area contributed by atoms with Gasteiger partial charge >= 0.3 is 5.97 Å². The van der Waals surface area contributed by atoms with Crippen molar-refractivity contribution < 1.29 is 24.2 Å². The maximum Gasteiger partial charge on any atom is 0.354 e. The Morgan fingerprint density at radius 2 is 1.20 bits per heavy atom. The number of aromatic amines is 2. The van der Waals surface area contributed by atoms with Crippen molar-refractivity contribution in [3.8, 4) is 12.1 Å². The molecule has 0 spiro atoms. The number of rotatable bonds is 7. The summed E-state index contributed by atoms with van der Waals surface area (Å²) in [6.07, 6.45) is 6.20. The molecule has 2 saturated heterocycles. The molecule has 0 bridgehead atoms. The number of ketones is 1. The molecule has 4 aromatic rings. The summed E-state index contributed by atoms with van der Waals surface area (Å²) in [4.78, 5) is 65.2. The van der Waals surface area contributed by atoms with Gasteiger partial charge in [-0.2, -0.15) is 10.5 Å².